The van der Waals surface area contributed by atoms with Crippen molar-refractivity contribution in [3.05, 3.63) is 83.7 Å². The van der Waals surface area contributed by atoms with Crippen molar-refractivity contribution in [2.45, 2.75) is 116 Å². The molecule has 28 heteroatoms. The van der Waals surface area contributed by atoms with Crippen LogP contribution in [0.15, 0.2) is 71.0 Å². The molecule has 4 aliphatic heterocycles. The summed E-state index contributed by atoms with van der Waals surface area (Å²) in [5.74, 6) is 10.9. The Labute approximate surface area is 476 Å². The van der Waals surface area contributed by atoms with Crippen LogP contribution in [0.25, 0.3) is 11.0 Å². The zero-order valence-electron chi connectivity index (χ0n) is 45.6. The van der Waals surface area contributed by atoms with Crippen molar-refractivity contribution < 1.29 is 54.7 Å². The normalized spacial score (nSPS) is 22.0. The molecule has 0 aromatic carbocycles. The minimum absolute atomic E-state index is 0.0491. The van der Waals surface area contributed by atoms with Gasteiger partial charge in [0, 0.05) is 31.7 Å². The van der Waals surface area contributed by atoms with Crippen LogP contribution in [-0.2, 0) is 30.4 Å². The van der Waals surface area contributed by atoms with Crippen LogP contribution in [0.5, 0.6) is 0 Å². The van der Waals surface area contributed by atoms with Crippen LogP contribution in [0.4, 0.5) is 38.0 Å². The number of anilines is 2. The van der Waals surface area contributed by atoms with Crippen LogP contribution in [0, 0.1) is 23.7 Å². The molecule has 0 spiro atoms. The lowest BCUT2D eigenvalue weighted by molar-refractivity contribution is -0.843. The molecule has 1 unspecified atom stereocenters. The summed E-state index contributed by atoms with van der Waals surface area (Å²) in [7, 11) is 7.07. The van der Waals surface area contributed by atoms with Gasteiger partial charge in [0.05, 0.1) is 89.5 Å². The first-order chi connectivity index (χ1) is 39.0. The van der Waals surface area contributed by atoms with Crippen molar-refractivity contribution >= 4 is 69.8 Å². The monoisotopic (exact) mass is 1180 g/mol. The second kappa shape index (κ2) is 23.5. The van der Waals surface area contributed by atoms with Crippen molar-refractivity contribution in [1.29, 1.82) is 0 Å². The number of amides is 4. The summed E-state index contributed by atoms with van der Waals surface area (Å²) < 4.78 is 92.0. The molecule has 0 aliphatic carbocycles. The highest BCUT2D eigenvalue weighted by Crippen LogP contribution is 2.47. The van der Waals surface area contributed by atoms with Crippen molar-refractivity contribution in [2.24, 2.45) is 14.1 Å². The van der Waals surface area contributed by atoms with Gasteiger partial charge in [-0.05, 0) is 113 Å². The summed E-state index contributed by atoms with van der Waals surface area (Å²) in [6.45, 7) is 3.54. The number of rotatable bonds is 17. The maximum atomic E-state index is 14.0. The summed E-state index contributed by atoms with van der Waals surface area (Å²) in [5.41, 5.74) is -8.44. The van der Waals surface area contributed by atoms with Crippen molar-refractivity contribution in [1.82, 2.24) is 59.4 Å². The Hall–Kier alpha value is -7.40. The average Bonchev–Trinajstić information content (AvgIpc) is 1.99. The Balaban J connectivity index is 0.732. The molecule has 0 saturated carbocycles. The predicted octanol–water partition coefficient (Wildman–Crippen LogP) is 4.95. The van der Waals surface area contributed by atoms with Crippen LogP contribution < -0.4 is 31.3 Å². The largest absolute Gasteiger partial charge is 0.446 e. The Bertz CT molecular complexity index is 3550. The lowest BCUT2D eigenvalue weighted by Crippen LogP contribution is -2.54. The van der Waals surface area contributed by atoms with E-state index in [0.29, 0.717) is 28.2 Å². The number of fused-ring (bicyclic) bond motifs is 5. The minimum atomic E-state index is -4.64. The fraction of sp³-hybridized carbons (Fsp3) is 0.481. The van der Waals surface area contributed by atoms with E-state index in [0.717, 1.165) is 45.1 Å². The lowest BCUT2D eigenvalue weighted by atomic mass is 9.97. The van der Waals surface area contributed by atoms with E-state index >= 15 is 0 Å². The number of carbonyl (C=O) groups excluding carboxylic acids is 4. The van der Waals surface area contributed by atoms with Gasteiger partial charge in [-0.15, -0.1) is 9.36 Å². The zero-order chi connectivity index (χ0) is 58.3. The van der Waals surface area contributed by atoms with Gasteiger partial charge in [0.15, 0.2) is 13.1 Å². The second-order valence-corrected chi connectivity index (χ2v) is 23.5. The molecule has 0 radical (unpaired) electrons. The van der Waals surface area contributed by atoms with Gasteiger partial charge in [-0.25, -0.2) is 9.03 Å². The quantitative estimate of drug-likeness (QED) is 0.0206. The molecule has 2 bridgehead atoms. The molecular formula is C54H62F6N16O4S2+2. The lowest BCUT2D eigenvalue weighted by Gasteiger charge is -2.41. The standard InChI is InChI=1S/C54H60F6N16O4S2/c1-33-16-19-38(66-46-15-7-13-43-50(82-54(58,59)60)40(68-75(43)46)10-8-23-61-51(79)34-26-64-70(4)27-34)44-31-76(33,44)25-22-47(77)63-32-72-29-35(28-71(72)5)52(80)62-24-9-11-39-49(81-53(55,56)57)42-12-6-14-45(74(42)67-39)65-37-20-17-36-18-21-41(37)73(36)48(78)30-69(2)3/h6-7,12-15,26-29,33,36-38,41,44H,16-25,30-32H2,1-5H3,(H3-2,61,62,63,65,66,67,68,77,79,80)/p+2/t33-,36+,37+,38+,41+,44+,76?/m0/s1. The molecule has 4 fully saturated rings. The van der Waals surface area contributed by atoms with E-state index < -0.39 is 22.8 Å². The first-order valence-corrected chi connectivity index (χ1v) is 28.4. The van der Waals surface area contributed by atoms with E-state index in [4.69, 9.17) is 0 Å². The number of piperidine rings is 2. The van der Waals surface area contributed by atoms with Gasteiger partial charge in [-0.3, -0.25) is 23.9 Å². The third-order valence-corrected chi connectivity index (χ3v) is 17.4. The molecule has 5 N–H and O–H groups in total. The third kappa shape index (κ3) is 12.8. The summed E-state index contributed by atoms with van der Waals surface area (Å²) in [6.07, 6.45) is 11.2. The summed E-state index contributed by atoms with van der Waals surface area (Å²) in [4.78, 5) is 55.9. The van der Waals surface area contributed by atoms with Crippen molar-refractivity contribution in [3.8, 4) is 23.7 Å². The molecule has 20 nitrogen and oxygen atoms in total. The maximum Gasteiger partial charge on any atom is 0.446 e. The number of nitrogens with zero attached hydrogens (tertiary/aromatic N) is 11. The SMILES string of the molecule is C[C@H]1CC[C@@H](Nc2cccc3c(SC(F)(F)F)c(C#CCNC(=O)c4cnn(C)c4)nn23)[C@H]2C[N+]21CCC(=O)NCn1cc(C(=O)NCC#Cc2nn3c(N[C@@H]4CC[C@@H]5CC[C@H]4N5C(=O)CN(C)C)cccc3c2SC(F)(F)F)c[n+]1C. The molecule has 6 aromatic heterocycles. The Morgan fingerprint density at radius 3 is 1.95 bits per heavy atom. The number of aryl methyl sites for hydroxylation is 2. The number of thioether (sulfide) groups is 2. The third-order valence-electron chi connectivity index (χ3n) is 15.7. The number of likely N-dealkylation sites (N-methyl/N-ethyl adjacent to an activating group) is 1. The van der Waals surface area contributed by atoms with Gasteiger partial charge in [-0.2, -0.15) is 41.6 Å². The van der Waals surface area contributed by atoms with Crippen LogP contribution in [-0.4, -0.2) is 166 Å². The van der Waals surface area contributed by atoms with Gasteiger partial charge >= 0.3 is 11.0 Å². The van der Waals surface area contributed by atoms with Gasteiger partial charge in [0.2, 0.25) is 18.0 Å². The van der Waals surface area contributed by atoms with Gasteiger partial charge in [0.25, 0.3) is 11.8 Å². The Morgan fingerprint density at radius 1 is 0.780 bits per heavy atom. The van der Waals surface area contributed by atoms with Gasteiger partial charge in [-0.1, -0.05) is 24.0 Å². The van der Waals surface area contributed by atoms with E-state index in [9.17, 15) is 45.5 Å². The van der Waals surface area contributed by atoms with E-state index in [1.807, 2.05) is 23.9 Å². The van der Waals surface area contributed by atoms with Crippen LogP contribution in [0.3, 0.4) is 0 Å². The Morgan fingerprint density at radius 2 is 1.37 bits per heavy atom. The first kappa shape index (κ1) is 57.8. The summed E-state index contributed by atoms with van der Waals surface area (Å²) in [5, 5.41) is 28.3. The molecular weight excluding hydrogens is 1110 g/mol. The number of nitrogens with one attached hydrogen (secondary N) is 5. The molecule has 6 aromatic rings. The number of halogens is 6. The molecule has 434 valence electrons. The number of alkyl halides is 6. The fourth-order valence-electron chi connectivity index (χ4n) is 11.8. The van der Waals surface area contributed by atoms with E-state index in [1.54, 1.807) is 72.3 Å². The Kier molecular flexibility index (Phi) is 16.5. The number of aromatic nitrogens is 8. The number of hydrogen-bond donors (Lipinski definition) is 5. The van der Waals surface area contributed by atoms with E-state index in [-0.39, 0.29) is 142 Å². The maximum absolute atomic E-state index is 14.0. The zero-order valence-corrected chi connectivity index (χ0v) is 47.2. The highest BCUT2D eigenvalue weighted by molar-refractivity contribution is 8.00. The van der Waals surface area contributed by atoms with Crippen LogP contribution in [0.1, 0.15) is 84.0 Å². The predicted molar refractivity (Wildman–Crippen MR) is 293 cm³/mol. The summed E-state index contributed by atoms with van der Waals surface area (Å²) >= 11 is -0.606. The molecule has 82 heavy (non-hydrogen) atoms. The number of hydrogen-bond acceptors (Lipinski definition) is 12. The average molecular weight is 1180 g/mol. The molecule has 4 amide bonds. The van der Waals surface area contributed by atoms with Crippen molar-refractivity contribution in [2.75, 3.05) is 57.5 Å². The number of pyridine rings is 2. The second-order valence-electron chi connectivity index (χ2n) is 21.4. The number of carbonyl (C=O) groups is 4. The van der Waals surface area contributed by atoms with Crippen LogP contribution in [0.2, 0.25) is 0 Å². The topological polar surface area (TPSA) is 196 Å². The molecule has 10 heterocycles. The van der Waals surface area contributed by atoms with E-state index in [2.05, 4.69) is 72.5 Å². The first-order valence-electron chi connectivity index (χ1n) is 26.8. The molecule has 10 rings (SSSR count). The number of quaternary nitrogens is 1. The van der Waals surface area contributed by atoms with Gasteiger partial charge in [0.1, 0.15) is 41.8 Å². The van der Waals surface area contributed by atoms with Gasteiger partial charge < -0.3 is 40.9 Å². The minimum Gasteiger partial charge on any atom is -0.365 e. The molecule has 4 aliphatic rings. The molecule has 7 atom stereocenters. The highest BCUT2D eigenvalue weighted by Gasteiger charge is 2.64. The summed E-state index contributed by atoms with van der Waals surface area (Å²) in [6, 6.07) is 10.2. The van der Waals surface area contributed by atoms with Crippen molar-refractivity contribution in [3.63, 3.8) is 0 Å². The smallest absolute Gasteiger partial charge is 0.365 e. The fourth-order valence-corrected chi connectivity index (χ4v) is 13.2. The van der Waals surface area contributed by atoms with Crippen LogP contribution >= 0.6 is 23.5 Å². The van der Waals surface area contributed by atoms with E-state index in [1.165, 1.54) is 26.1 Å². The highest BCUT2D eigenvalue weighted by atomic mass is 32.2. The molecule has 4 saturated heterocycles.